The van der Waals surface area contributed by atoms with Crippen molar-refractivity contribution in [3.05, 3.63) is 97.1 Å². The molecule has 1 heterocycles. The van der Waals surface area contributed by atoms with Crippen LogP contribution in [-0.4, -0.2) is 51.4 Å². The Balaban J connectivity index is 1.49. The molecule has 1 unspecified atom stereocenters. The number of anilines is 6. The van der Waals surface area contributed by atoms with Gasteiger partial charge in [0.25, 0.3) is 0 Å². The summed E-state index contributed by atoms with van der Waals surface area (Å²) in [6.07, 6.45) is 0. The first-order valence-corrected chi connectivity index (χ1v) is 15.2. The van der Waals surface area contributed by atoms with Crippen molar-refractivity contribution < 1.29 is 23.0 Å². The monoisotopic (exact) mass is 625 g/mol. The van der Waals surface area contributed by atoms with Gasteiger partial charge in [0.2, 0.25) is 5.91 Å². The van der Waals surface area contributed by atoms with Crippen molar-refractivity contribution >= 4 is 62.6 Å². The molecule has 2 N–H and O–H groups in total. The van der Waals surface area contributed by atoms with Crippen LogP contribution in [0.3, 0.4) is 0 Å². The predicted octanol–water partition coefficient (Wildman–Crippen LogP) is 6.18. The quantitative estimate of drug-likeness (QED) is 0.156. The number of benzene rings is 4. The van der Waals surface area contributed by atoms with Crippen LogP contribution in [0.4, 0.5) is 34.4 Å². The minimum Gasteiger partial charge on any atom is -0.755 e. The number of carbonyl (C=O) groups is 1. The minimum absolute atomic E-state index is 0.0300. The molecule has 0 radical (unpaired) electrons. The van der Waals surface area contributed by atoms with Gasteiger partial charge in [0.15, 0.2) is 11.6 Å². The Hall–Kier alpha value is -5.20. The number of aromatic nitrogens is 2. The minimum atomic E-state index is -2.82. The van der Waals surface area contributed by atoms with Gasteiger partial charge in [-0.2, -0.15) is 0 Å². The summed E-state index contributed by atoms with van der Waals surface area (Å²) >= 11 is -2.82. The summed E-state index contributed by atoms with van der Waals surface area (Å²) in [4.78, 5) is 24.5. The van der Waals surface area contributed by atoms with Crippen LogP contribution in [0.1, 0.15) is 13.8 Å². The smallest absolute Gasteiger partial charge is 0.243 e. The largest absolute Gasteiger partial charge is 0.755 e. The molecule has 0 aliphatic heterocycles. The fraction of sp³-hybridized carbons (Fsp3) is 0.182. The Kier molecular flexibility index (Phi) is 9.76. The topological polar surface area (TPSA) is 132 Å². The molecule has 0 aliphatic carbocycles. The summed E-state index contributed by atoms with van der Waals surface area (Å²) < 4.78 is 37.5. The molecule has 5 rings (SSSR count). The van der Waals surface area contributed by atoms with Gasteiger partial charge in [-0.3, -0.25) is 13.3 Å². The summed E-state index contributed by atoms with van der Waals surface area (Å²) in [6.45, 7) is 4.14. The SMILES string of the molecule is COc1cc(Nc2nc3ccccc3nc2N(c2cccc(NC(=O)CN(c3ccccc3)C(C)C)c2)S(=O)[O-])cc(OC)c1. The highest BCUT2D eigenvalue weighted by molar-refractivity contribution is 7.81. The number of rotatable bonds is 12. The highest BCUT2D eigenvalue weighted by Crippen LogP contribution is 2.36. The lowest BCUT2D eigenvalue weighted by molar-refractivity contribution is -0.115. The molecule has 0 fully saturated rings. The molecule has 4 aromatic carbocycles. The lowest BCUT2D eigenvalue weighted by Gasteiger charge is -2.29. The molecule has 232 valence electrons. The molecule has 0 aliphatic rings. The predicted molar refractivity (Wildman–Crippen MR) is 177 cm³/mol. The third-order valence-corrected chi connectivity index (χ3v) is 7.58. The normalized spacial score (nSPS) is 11.6. The molecule has 0 saturated carbocycles. The number of fused-ring (bicyclic) bond motifs is 1. The maximum absolute atomic E-state index is 13.2. The van der Waals surface area contributed by atoms with E-state index in [4.69, 9.17) is 14.5 Å². The van der Waals surface area contributed by atoms with Crippen molar-refractivity contribution in [3.63, 3.8) is 0 Å². The van der Waals surface area contributed by atoms with Crippen LogP contribution >= 0.6 is 0 Å². The van der Waals surface area contributed by atoms with Gasteiger partial charge in [-0.1, -0.05) is 36.4 Å². The van der Waals surface area contributed by atoms with Gasteiger partial charge in [-0.25, -0.2) is 9.97 Å². The second-order valence-corrected chi connectivity index (χ2v) is 11.1. The third-order valence-electron chi connectivity index (χ3n) is 6.90. The van der Waals surface area contributed by atoms with Crippen LogP contribution < -0.4 is 29.3 Å². The number of methoxy groups -OCH3 is 2. The Morgan fingerprint density at radius 2 is 1.44 bits per heavy atom. The summed E-state index contributed by atoms with van der Waals surface area (Å²) in [6, 6.07) is 28.6. The lowest BCUT2D eigenvalue weighted by Crippen LogP contribution is -2.38. The Morgan fingerprint density at radius 1 is 0.822 bits per heavy atom. The summed E-state index contributed by atoms with van der Waals surface area (Å²) in [5, 5.41) is 6.09. The zero-order valence-corrected chi connectivity index (χ0v) is 26.1. The van der Waals surface area contributed by atoms with Gasteiger partial charge < -0.3 is 29.6 Å². The van der Waals surface area contributed by atoms with Crippen LogP contribution in [0.5, 0.6) is 11.5 Å². The molecule has 1 aromatic heterocycles. The molecule has 0 saturated heterocycles. The standard InChI is InChI=1S/C33H34N6O5S/c1-22(2)38(25-12-6-5-7-13-25)21-31(40)34-23-11-10-14-26(17-23)39(45(41)42)33-32(36-29-15-8-9-16-30(29)37-33)35-24-18-27(43-3)20-28(19-24)44-4/h5-20,22H,21H2,1-4H3,(H,34,40)(H,35,36)(H,41,42)/p-1. The fourth-order valence-electron chi connectivity index (χ4n) is 4.77. The Morgan fingerprint density at radius 3 is 2.07 bits per heavy atom. The van der Waals surface area contributed by atoms with Crippen molar-refractivity contribution in [2.24, 2.45) is 0 Å². The van der Waals surface area contributed by atoms with Crippen LogP contribution in [0.25, 0.3) is 11.0 Å². The molecule has 45 heavy (non-hydrogen) atoms. The maximum atomic E-state index is 13.2. The molecular formula is C33H33N6O5S-. The van der Waals surface area contributed by atoms with Crippen LogP contribution in [-0.2, 0) is 16.1 Å². The van der Waals surface area contributed by atoms with E-state index in [9.17, 15) is 13.6 Å². The molecule has 11 nitrogen and oxygen atoms in total. The first-order chi connectivity index (χ1) is 21.7. The molecule has 1 amide bonds. The van der Waals surface area contributed by atoms with Crippen molar-refractivity contribution in [1.82, 2.24) is 9.97 Å². The number of ether oxygens (including phenoxy) is 2. The van der Waals surface area contributed by atoms with Crippen molar-refractivity contribution in [1.29, 1.82) is 0 Å². The number of nitrogens with zero attached hydrogens (tertiary/aromatic N) is 4. The van der Waals surface area contributed by atoms with Gasteiger partial charge in [-0.15, -0.1) is 0 Å². The summed E-state index contributed by atoms with van der Waals surface area (Å²) in [7, 11) is 3.08. The summed E-state index contributed by atoms with van der Waals surface area (Å²) in [5.74, 6) is 1.02. The summed E-state index contributed by atoms with van der Waals surface area (Å²) in [5.41, 5.74) is 3.20. The number of hydrogen-bond donors (Lipinski definition) is 2. The van der Waals surface area contributed by atoms with Crippen molar-refractivity contribution in [2.75, 3.05) is 40.6 Å². The van der Waals surface area contributed by atoms with Crippen LogP contribution in [0.2, 0.25) is 0 Å². The number of para-hydroxylation sites is 3. The second kappa shape index (κ2) is 14.1. The van der Waals surface area contributed by atoms with Gasteiger partial charge in [0.05, 0.1) is 48.8 Å². The highest BCUT2D eigenvalue weighted by atomic mass is 32.2. The van der Waals surface area contributed by atoms with Gasteiger partial charge >= 0.3 is 0 Å². The fourth-order valence-corrected chi connectivity index (χ4v) is 5.32. The maximum Gasteiger partial charge on any atom is 0.243 e. The zero-order chi connectivity index (χ0) is 31.9. The second-order valence-electron chi connectivity index (χ2n) is 10.3. The number of amides is 1. The van der Waals surface area contributed by atoms with Gasteiger partial charge in [-0.05, 0) is 56.3 Å². The molecule has 0 bridgehead atoms. The number of carbonyl (C=O) groups excluding carboxylic acids is 1. The average molecular weight is 626 g/mol. The van der Waals surface area contributed by atoms with Crippen LogP contribution in [0.15, 0.2) is 97.1 Å². The van der Waals surface area contributed by atoms with E-state index in [2.05, 4.69) is 15.6 Å². The highest BCUT2D eigenvalue weighted by Gasteiger charge is 2.21. The Labute approximate surface area is 264 Å². The van der Waals surface area contributed by atoms with E-state index in [1.54, 1.807) is 60.7 Å². The van der Waals surface area contributed by atoms with E-state index in [0.29, 0.717) is 33.9 Å². The van der Waals surface area contributed by atoms with E-state index in [0.717, 1.165) is 9.99 Å². The van der Waals surface area contributed by atoms with Crippen molar-refractivity contribution in [3.8, 4) is 11.5 Å². The lowest BCUT2D eigenvalue weighted by atomic mass is 10.2. The first kappa shape index (κ1) is 31.2. The molecule has 12 heteroatoms. The molecule has 0 spiro atoms. The van der Waals surface area contributed by atoms with E-state index in [-0.39, 0.29) is 35.8 Å². The Bertz CT molecular complexity index is 1800. The first-order valence-electron chi connectivity index (χ1n) is 14.1. The molecule has 1 atom stereocenters. The number of hydrogen-bond acceptors (Lipinski definition) is 9. The van der Waals surface area contributed by atoms with E-state index in [1.165, 1.54) is 14.2 Å². The van der Waals surface area contributed by atoms with Crippen molar-refractivity contribution in [2.45, 2.75) is 19.9 Å². The zero-order valence-electron chi connectivity index (χ0n) is 25.3. The third kappa shape index (κ3) is 7.48. The molecular weight excluding hydrogens is 592 g/mol. The van der Waals surface area contributed by atoms with E-state index >= 15 is 0 Å². The van der Waals surface area contributed by atoms with Crippen LogP contribution in [0, 0.1) is 0 Å². The average Bonchev–Trinajstić information content (AvgIpc) is 3.04. The number of nitrogens with one attached hydrogen (secondary N) is 2. The van der Waals surface area contributed by atoms with E-state index < -0.39 is 11.3 Å². The van der Waals surface area contributed by atoms with Gasteiger partial charge in [0.1, 0.15) is 11.5 Å². The van der Waals surface area contributed by atoms with E-state index in [1.807, 2.05) is 55.1 Å². The molecule has 5 aromatic rings. The van der Waals surface area contributed by atoms with Gasteiger partial charge in [0, 0.05) is 41.3 Å².